The molecule has 0 radical (unpaired) electrons. The first-order chi connectivity index (χ1) is 8.55. The summed E-state index contributed by atoms with van der Waals surface area (Å²) in [5.74, 6) is -0.0281. The lowest BCUT2D eigenvalue weighted by atomic mass is 10.1. The Labute approximate surface area is 119 Å². The van der Waals surface area contributed by atoms with Gasteiger partial charge in [-0.25, -0.2) is 5.06 Å². The highest BCUT2D eigenvalue weighted by molar-refractivity contribution is 6.74. The van der Waals surface area contributed by atoms with E-state index in [1.54, 1.807) is 7.05 Å². The third kappa shape index (κ3) is 6.06. The molecule has 0 rings (SSSR count). The summed E-state index contributed by atoms with van der Waals surface area (Å²) >= 11 is 0. The predicted octanol–water partition coefficient (Wildman–Crippen LogP) is 3.59. The maximum Gasteiger partial charge on any atom is 0.248 e. The minimum Gasteiger partial charge on any atom is -0.413 e. The zero-order chi connectivity index (χ0) is 15.3. The molecule has 4 nitrogen and oxygen atoms in total. The van der Waals surface area contributed by atoms with Crippen LogP contribution in [-0.2, 0) is 14.1 Å². The Kier molecular flexibility index (Phi) is 7.25. The quantitative estimate of drug-likeness (QED) is 0.531. The molecular formula is C14H31NO3Si. The lowest BCUT2D eigenvalue weighted by Gasteiger charge is -2.39. The van der Waals surface area contributed by atoms with Crippen molar-refractivity contribution in [3.8, 4) is 0 Å². The molecule has 0 aromatic carbocycles. The van der Waals surface area contributed by atoms with E-state index in [1.165, 1.54) is 12.2 Å². The monoisotopic (exact) mass is 289 g/mol. The molecule has 0 fully saturated rings. The van der Waals surface area contributed by atoms with E-state index in [-0.39, 0.29) is 17.0 Å². The molecule has 0 saturated carbocycles. The van der Waals surface area contributed by atoms with Crippen molar-refractivity contribution in [2.75, 3.05) is 14.2 Å². The van der Waals surface area contributed by atoms with Crippen molar-refractivity contribution < 1.29 is 14.1 Å². The Morgan fingerprint density at radius 2 is 1.84 bits per heavy atom. The summed E-state index contributed by atoms with van der Waals surface area (Å²) in [6.45, 7) is 13.2. The lowest BCUT2D eigenvalue weighted by Crippen LogP contribution is -2.45. The SMILES string of the molecule is CCC[C@@H](CC(=O)N(C)OC)O[Si](C)(C)C(C)(C)C. The number of carbonyl (C=O) groups excluding carboxylic acids is 1. The Bertz CT molecular complexity index is 287. The zero-order valence-electron chi connectivity index (χ0n) is 13.9. The first-order valence-corrected chi connectivity index (χ1v) is 9.94. The first-order valence-electron chi connectivity index (χ1n) is 7.03. The fraction of sp³-hybridized carbons (Fsp3) is 0.929. The Morgan fingerprint density at radius 3 is 2.21 bits per heavy atom. The van der Waals surface area contributed by atoms with Crippen LogP contribution < -0.4 is 0 Å². The van der Waals surface area contributed by atoms with Crippen molar-refractivity contribution in [2.24, 2.45) is 0 Å². The normalized spacial score (nSPS) is 14.3. The van der Waals surface area contributed by atoms with Gasteiger partial charge < -0.3 is 4.43 Å². The van der Waals surface area contributed by atoms with E-state index >= 15 is 0 Å². The smallest absolute Gasteiger partial charge is 0.248 e. The number of hydrogen-bond acceptors (Lipinski definition) is 3. The maximum absolute atomic E-state index is 11.9. The van der Waals surface area contributed by atoms with Gasteiger partial charge in [0, 0.05) is 7.05 Å². The summed E-state index contributed by atoms with van der Waals surface area (Å²) in [6.07, 6.45) is 2.32. The van der Waals surface area contributed by atoms with E-state index < -0.39 is 8.32 Å². The van der Waals surface area contributed by atoms with E-state index in [1.807, 2.05) is 0 Å². The van der Waals surface area contributed by atoms with Crippen LogP contribution in [0.1, 0.15) is 47.0 Å². The van der Waals surface area contributed by atoms with E-state index in [9.17, 15) is 4.79 Å². The largest absolute Gasteiger partial charge is 0.413 e. The molecule has 5 heteroatoms. The molecule has 0 aromatic rings. The van der Waals surface area contributed by atoms with Gasteiger partial charge in [0.15, 0.2) is 8.32 Å². The van der Waals surface area contributed by atoms with E-state index in [0.717, 1.165) is 12.8 Å². The van der Waals surface area contributed by atoms with Gasteiger partial charge in [-0.15, -0.1) is 0 Å². The van der Waals surface area contributed by atoms with Crippen LogP contribution >= 0.6 is 0 Å². The number of amides is 1. The second kappa shape index (κ2) is 7.41. The number of nitrogens with zero attached hydrogens (tertiary/aromatic N) is 1. The molecule has 0 aliphatic heterocycles. The number of carbonyl (C=O) groups is 1. The Morgan fingerprint density at radius 1 is 1.32 bits per heavy atom. The molecule has 0 aliphatic rings. The highest BCUT2D eigenvalue weighted by Gasteiger charge is 2.39. The van der Waals surface area contributed by atoms with Gasteiger partial charge >= 0.3 is 0 Å². The minimum absolute atomic E-state index is 0.00371. The summed E-state index contributed by atoms with van der Waals surface area (Å²) in [6, 6.07) is 0. The number of hydroxylamine groups is 2. The molecule has 0 heterocycles. The van der Waals surface area contributed by atoms with Gasteiger partial charge in [0.1, 0.15) is 0 Å². The number of rotatable bonds is 7. The average Bonchev–Trinajstić information content (AvgIpc) is 2.26. The molecule has 0 bridgehead atoms. The third-order valence-corrected chi connectivity index (χ3v) is 8.44. The van der Waals surface area contributed by atoms with Crippen LogP contribution in [0.15, 0.2) is 0 Å². The first kappa shape index (κ1) is 18.6. The van der Waals surface area contributed by atoms with Crippen LogP contribution in [-0.4, -0.2) is 39.5 Å². The Balaban J connectivity index is 4.71. The zero-order valence-corrected chi connectivity index (χ0v) is 14.9. The van der Waals surface area contributed by atoms with Crippen LogP contribution in [0.2, 0.25) is 18.1 Å². The molecule has 0 unspecified atom stereocenters. The molecular weight excluding hydrogens is 258 g/mol. The van der Waals surface area contributed by atoms with E-state index in [0.29, 0.717) is 6.42 Å². The molecule has 1 atom stereocenters. The average molecular weight is 289 g/mol. The minimum atomic E-state index is -1.83. The van der Waals surface area contributed by atoms with E-state index in [2.05, 4.69) is 40.8 Å². The summed E-state index contributed by atoms with van der Waals surface area (Å²) < 4.78 is 6.34. The fourth-order valence-electron chi connectivity index (χ4n) is 1.54. The van der Waals surface area contributed by atoms with Gasteiger partial charge in [-0.05, 0) is 24.6 Å². The molecule has 114 valence electrons. The molecule has 1 amide bonds. The summed E-state index contributed by atoms with van der Waals surface area (Å²) in [7, 11) is 1.31. The van der Waals surface area contributed by atoms with Crippen molar-refractivity contribution in [2.45, 2.75) is 71.2 Å². The van der Waals surface area contributed by atoms with Gasteiger partial charge in [0.25, 0.3) is 0 Å². The van der Waals surface area contributed by atoms with Gasteiger partial charge in [0.05, 0.1) is 19.6 Å². The van der Waals surface area contributed by atoms with Crippen LogP contribution in [0, 0.1) is 0 Å². The van der Waals surface area contributed by atoms with Crippen LogP contribution in [0.25, 0.3) is 0 Å². The second-order valence-corrected chi connectivity index (χ2v) is 11.3. The fourth-order valence-corrected chi connectivity index (χ4v) is 2.93. The summed E-state index contributed by atoms with van der Waals surface area (Å²) in [4.78, 5) is 16.9. The second-order valence-electron chi connectivity index (χ2n) is 6.57. The van der Waals surface area contributed by atoms with Crippen LogP contribution in [0.3, 0.4) is 0 Å². The van der Waals surface area contributed by atoms with Gasteiger partial charge in [-0.2, -0.15) is 0 Å². The van der Waals surface area contributed by atoms with Crippen molar-refractivity contribution in [1.29, 1.82) is 0 Å². The van der Waals surface area contributed by atoms with Gasteiger partial charge in [-0.3, -0.25) is 9.63 Å². The van der Waals surface area contributed by atoms with E-state index in [4.69, 9.17) is 9.26 Å². The van der Waals surface area contributed by atoms with Crippen molar-refractivity contribution in [3.63, 3.8) is 0 Å². The van der Waals surface area contributed by atoms with Crippen molar-refractivity contribution in [1.82, 2.24) is 5.06 Å². The number of hydrogen-bond donors (Lipinski definition) is 0. The van der Waals surface area contributed by atoms with Crippen LogP contribution in [0.4, 0.5) is 0 Å². The highest BCUT2D eigenvalue weighted by atomic mass is 28.4. The summed E-state index contributed by atoms with van der Waals surface area (Å²) in [5.41, 5.74) is 0. The third-order valence-electron chi connectivity index (χ3n) is 3.91. The van der Waals surface area contributed by atoms with Crippen LogP contribution in [0.5, 0.6) is 0 Å². The van der Waals surface area contributed by atoms with Gasteiger partial charge in [-0.1, -0.05) is 34.1 Å². The molecule has 19 heavy (non-hydrogen) atoms. The standard InChI is InChI=1S/C14H31NO3Si/c1-9-10-12(11-13(16)15(5)17-6)18-19(7,8)14(2,3)4/h12H,9-11H2,1-8H3/t12-/m0/s1. The summed E-state index contributed by atoms with van der Waals surface area (Å²) in [5, 5.41) is 1.44. The molecule has 0 saturated heterocycles. The predicted molar refractivity (Wildman–Crippen MR) is 81.4 cm³/mol. The van der Waals surface area contributed by atoms with Crippen molar-refractivity contribution >= 4 is 14.2 Å². The maximum atomic E-state index is 11.9. The molecule has 0 N–H and O–H groups in total. The topological polar surface area (TPSA) is 38.8 Å². The van der Waals surface area contributed by atoms with Crippen molar-refractivity contribution in [3.05, 3.63) is 0 Å². The molecule has 0 aliphatic carbocycles. The lowest BCUT2D eigenvalue weighted by molar-refractivity contribution is -0.170. The molecule has 0 aromatic heterocycles. The Hall–Kier alpha value is -0.393. The molecule has 0 spiro atoms. The highest BCUT2D eigenvalue weighted by Crippen LogP contribution is 2.38. The van der Waals surface area contributed by atoms with Gasteiger partial charge in [0.2, 0.25) is 5.91 Å².